The molecular weight excluding hydrogens is 388 g/mol. The largest absolute Gasteiger partial charge is 0.497 e. The Kier molecular flexibility index (Phi) is 6.92. The van der Waals surface area contributed by atoms with Gasteiger partial charge in [-0.25, -0.2) is 9.97 Å². The maximum Gasteiger partial charge on any atom is 0.209 e. The average Bonchev–Trinajstić information content (AvgIpc) is 3.55. The number of hydrogen-bond acceptors (Lipinski definition) is 6. The van der Waals surface area contributed by atoms with Crippen LogP contribution in [0.15, 0.2) is 36.4 Å². The molecule has 0 radical (unpaired) electrons. The standard InChI is InChI=1S/C24H34N6O/c1-3-15-29(17-18-6-7-18)22-13-12-21-23(28-22)30(16-5-4-14-25)24(27-21)26-19-8-10-20(31-2)11-9-19/h8-13,18H,3-7,14-17,25H2,1-2H3,(H,26,27). The molecule has 0 amide bonds. The second kappa shape index (κ2) is 10.0. The lowest BCUT2D eigenvalue weighted by molar-refractivity contribution is 0.415. The van der Waals surface area contributed by atoms with Crippen molar-refractivity contribution in [2.45, 2.75) is 45.6 Å². The van der Waals surface area contributed by atoms with Gasteiger partial charge in [-0.15, -0.1) is 0 Å². The molecule has 2 aromatic heterocycles. The summed E-state index contributed by atoms with van der Waals surface area (Å²) in [7, 11) is 1.67. The first kappa shape index (κ1) is 21.4. The van der Waals surface area contributed by atoms with Crippen LogP contribution >= 0.6 is 0 Å². The molecule has 0 saturated heterocycles. The number of rotatable bonds is 12. The number of ether oxygens (including phenoxy) is 1. The highest BCUT2D eigenvalue weighted by molar-refractivity contribution is 5.78. The number of methoxy groups -OCH3 is 1. The Hall–Kier alpha value is -2.80. The molecule has 0 bridgehead atoms. The summed E-state index contributed by atoms with van der Waals surface area (Å²) >= 11 is 0. The van der Waals surface area contributed by atoms with Gasteiger partial charge in [-0.2, -0.15) is 0 Å². The van der Waals surface area contributed by atoms with Crippen molar-refractivity contribution < 1.29 is 4.74 Å². The molecule has 0 spiro atoms. The topological polar surface area (TPSA) is 81.2 Å². The lowest BCUT2D eigenvalue weighted by Crippen LogP contribution is -2.27. The Balaban J connectivity index is 1.66. The molecule has 7 nitrogen and oxygen atoms in total. The Morgan fingerprint density at radius 3 is 2.61 bits per heavy atom. The molecule has 7 heteroatoms. The number of hydrogen-bond donors (Lipinski definition) is 2. The van der Waals surface area contributed by atoms with Crippen LogP contribution in [-0.4, -0.2) is 41.3 Å². The Morgan fingerprint density at radius 1 is 1.13 bits per heavy atom. The van der Waals surface area contributed by atoms with Crippen LogP contribution in [0.1, 0.15) is 39.0 Å². The van der Waals surface area contributed by atoms with Gasteiger partial charge in [-0.05, 0) is 81.0 Å². The fourth-order valence-corrected chi connectivity index (χ4v) is 3.87. The van der Waals surface area contributed by atoms with Crippen molar-refractivity contribution in [2.24, 2.45) is 11.7 Å². The van der Waals surface area contributed by atoms with E-state index in [1.54, 1.807) is 7.11 Å². The number of unbranched alkanes of at least 4 members (excludes halogenated alkanes) is 1. The second-order valence-corrected chi connectivity index (χ2v) is 8.34. The minimum Gasteiger partial charge on any atom is -0.497 e. The van der Waals surface area contributed by atoms with Gasteiger partial charge in [0.2, 0.25) is 5.95 Å². The summed E-state index contributed by atoms with van der Waals surface area (Å²) in [5.74, 6) is 3.52. The summed E-state index contributed by atoms with van der Waals surface area (Å²) < 4.78 is 7.46. The molecule has 3 aromatic rings. The normalized spacial score (nSPS) is 13.5. The molecule has 4 rings (SSSR count). The minimum absolute atomic E-state index is 0.693. The quantitative estimate of drug-likeness (QED) is 0.417. The van der Waals surface area contributed by atoms with Gasteiger partial charge in [-0.3, -0.25) is 4.57 Å². The summed E-state index contributed by atoms with van der Waals surface area (Å²) in [6.07, 6.45) is 5.77. The highest BCUT2D eigenvalue weighted by Crippen LogP contribution is 2.32. The number of nitrogens with zero attached hydrogens (tertiary/aromatic N) is 4. The third kappa shape index (κ3) is 5.28. The summed E-state index contributed by atoms with van der Waals surface area (Å²) in [5.41, 5.74) is 8.56. The average molecular weight is 423 g/mol. The smallest absolute Gasteiger partial charge is 0.209 e. The highest BCUT2D eigenvalue weighted by atomic mass is 16.5. The zero-order valence-corrected chi connectivity index (χ0v) is 18.7. The van der Waals surface area contributed by atoms with Crippen molar-refractivity contribution in [3.8, 4) is 5.75 Å². The monoisotopic (exact) mass is 422 g/mol. The fourth-order valence-electron chi connectivity index (χ4n) is 3.87. The van der Waals surface area contributed by atoms with Crippen molar-refractivity contribution in [1.82, 2.24) is 14.5 Å². The molecular formula is C24H34N6O. The van der Waals surface area contributed by atoms with E-state index in [4.69, 9.17) is 20.4 Å². The molecule has 1 aliphatic rings. The summed E-state index contributed by atoms with van der Waals surface area (Å²) in [6, 6.07) is 12.1. The van der Waals surface area contributed by atoms with Gasteiger partial charge < -0.3 is 20.7 Å². The molecule has 1 aromatic carbocycles. The molecule has 0 atom stereocenters. The van der Waals surface area contributed by atoms with Gasteiger partial charge in [0, 0.05) is 25.3 Å². The SMILES string of the molecule is CCCN(CC1CC1)c1ccc2nc(Nc3ccc(OC)cc3)n(CCCCN)c2n1. The molecule has 1 aliphatic carbocycles. The maximum absolute atomic E-state index is 5.74. The van der Waals surface area contributed by atoms with E-state index in [-0.39, 0.29) is 0 Å². The molecule has 1 fully saturated rings. The number of aryl methyl sites for hydroxylation is 1. The highest BCUT2D eigenvalue weighted by Gasteiger charge is 2.25. The van der Waals surface area contributed by atoms with Crippen molar-refractivity contribution in [2.75, 3.05) is 37.0 Å². The van der Waals surface area contributed by atoms with Crippen LogP contribution in [0.4, 0.5) is 17.5 Å². The van der Waals surface area contributed by atoms with Crippen molar-refractivity contribution in [3.05, 3.63) is 36.4 Å². The molecule has 31 heavy (non-hydrogen) atoms. The van der Waals surface area contributed by atoms with E-state index in [1.807, 2.05) is 24.3 Å². The second-order valence-electron chi connectivity index (χ2n) is 8.34. The van der Waals surface area contributed by atoms with Crippen molar-refractivity contribution in [1.29, 1.82) is 0 Å². The summed E-state index contributed by atoms with van der Waals surface area (Å²) in [6.45, 7) is 5.89. The van der Waals surface area contributed by atoms with Crippen molar-refractivity contribution in [3.63, 3.8) is 0 Å². The lowest BCUT2D eigenvalue weighted by atomic mass is 10.3. The molecule has 166 valence electrons. The first-order valence-corrected chi connectivity index (χ1v) is 11.4. The summed E-state index contributed by atoms with van der Waals surface area (Å²) in [5, 5.41) is 3.47. The predicted octanol–water partition coefficient (Wildman–Crippen LogP) is 4.55. The third-order valence-corrected chi connectivity index (χ3v) is 5.75. The lowest BCUT2D eigenvalue weighted by Gasteiger charge is -2.23. The minimum atomic E-state index is 0.693. The number of anilines is 3. The van der Waals surface area contributed by atoms with Crippen LogP contribution in [0.2, 0.25) is 0 Å². The number of nitrogens with two attached hydrogens (primary N) is 1. The van der Waals surface area contributed by atoms with Gasteiger partial charge in [0.15, 0.2) is 5.65 Å². The van der Waals surface area contributed by atoms with E-state index < -0.39 is 0 Å². The fraction of sp³-hybridized carbons (Fsp3) is 0.500. The molecule has 3 N–H and O–H groups in total. The molecule has 2 heterocycles. The zero-order chi connectivity index (χ0) is 21.6. The van der Waals surface area contributed by atoms with Gasteiger partial charge in [0.05, 0.1) is 7.11 Å². The van der Waals surface area contributed by atoms with Crippen LogP contribution < -0.4 is 20.7 Å². The number of nitrogens with one attached hydrogen (secondary N) is 1. The van der Waals surface area contributed by atoms with Crippen LogP contribution in [0, 0.1) is 5.92 Å². The van der Waals surface area contributed by atoms with Crippen LogP contribution in [0.5, 0.6) is 5.75 Å². The molecule has 1 saturated carbocycles. The Bertz CT molecular complexity index is 980. The Labute approximate surface area is 184 Å². The van der Waals surface area contributed by atoms with Gasteiger partial charge in [0.25, 0.3) is 0 Å². The first-order valence-electron chi connectivity index (χ1n) is 11.4. The van der Waals surface area contributed by atoms with E-state index in [0.717, 1.165) is 79.2 Å². The third-order valence-electron chi connectivity index (χ3n) is 5.75. The van der Waals surface area contributed by atoms with E-state index in [1.165, 1.54) is 12.8 Å². The van der Waals surface area contributed by atoms with Crippen LogP contribution in [-0.2, 0) is 6.54 Å². The predicted molar refractivity (Wildman–Crippen MR) is 127 cm³/mol. The van der Waals surface area contributed by atoms with Gasteiger partial charge in [-0.1, -0.05) is 6.92 Å². The van der Waals surface area contributed by atoms with Crippen LogP contribution in [0.25, 0.3) is 11.2 Å². The first-order chi connectivity index (χ1) is 15.2. The summed E-state index contributed by atoms with van der Waals surface area (Å²) in [4.78, 5) is 12.4. The maximum atomic E-state index is 5.74. The number of benzene rings is 1. The zero-order valence-electron chi connectivity index (χ0n) is 18.7. The number of imidazole rings is 1. The van der Waals surface area contributed by atoms with Crippen LogP contribution in [0.3, 0.4) is 0 Å². The molecule has 0 aliphatic heterocycles. The van der Waals surface area contributed by atoms with E-state index in [2.05, 4.69) is 33.8 Å². The number of pyridine rings is 1. The van der Waals surface area contributed by atoms with Crippen molar-refractivity contribution >= 4 is 28.6 Å². The number of aromatic nitrogens is 3. The molecule has 0 unspecified atom stereocenters. The van der Waals surface area contributed by atoms with Gasteiger partial charge >= 0.3 is 0 Å². The van der Waals surface area contributed by atoms with Gasteiger partial charge in [0.1, 0.15) is 17.1 Å². The Morgan fingerprint density at radius 2 is 1.94 bits per heavy atom. The van der Waals surface area contributed by atoms with E-state index in [9.17, 15) is 0 Å². The number of fused-ring (bicyclic) bond motifs is 1. The van der Waals surface area contributed by atoms with E-state index in [0.29, 0.717) is 6.54 Å². The van der Waals surface area contributed by atoms with E-state index >= 15 is 0 Å².